The van der Waals surface area contributed by atoms with Gasteiger partial charge in [0.25, 0.3) is 5.91 Å². The number of benzene rings is 1. The Morgan fingerprint density at radius 1 is 1.47 bits per heavy atom. The molecule has 2 aromatic rings. The van der Waals surface area contributed by atoms with Crippen LogP contribution in [0.25, 0.3) is 0 Å². The van der Waals surface area contributed by atoms with Crippen LogP contribution in [-0.2, 0) is 0 Å². The molecule has 0 unspecified atom stereocenters. The molecule has 4 nitrogen and oxygen atoms in total. The van der Waals surface area contributed by atoms with Crippen LogP contribution in [0.4, 0.5) is 0 Å². The monoisotopic (exact) mass is 267 g/mol. The minimum atomic E-state index is -0.244. The molecule has 88 valence electrons. The summed E-state index contributed by atoms with van der Waals surface area (Å²) in [4.78, 5) is 11.8. The smallest absolute Gasteiger partial charge is 0.273 e. The van der Waals surface area contributed by atoms with Crippen molar-refractivity contribution in [2.24, 2.45) is 0 Å². The van der Waals surface area contributed by atoms with Crippen LogP contribution in [0.15, 0.2) is 30.5 Å². The van der Waals surface area contributed by atoms with Crippen molar-refractivity contribution in [2.75, 3.05) is 0 Å². The van der Waals surface area contributed by atoms with E-state index in [2.05, 4.69) is 14.1 Å². The van der Waals surface area contributed by atoms with Gasteiger partial charge in [0.2, 0.25) is 0 Å². The van der Waals surface area contributed by atoms with Crippen molar-refractivity contribution in [1.29, 1.82) is 0 Å². The first-order valence-corrected chi connectivity index (χ1v) is 6.12. The van der Waals surface area contributed by atoms with E-state index in [1.807, 2.05) is 25.1 Å². The molecular weight excluding hydrogens is 258 g/mol. The number of amides is 1. The highest BCUT2D eigenvalue weighted by atomic mass is 35.5. The van der Waals surface area contributed by atoms with Crippen molar-refractivity contribution in [3.8, 4) is 0 Å². The summed E-state index contributed by atoms with van der Waals surface area (Å²) in [6.45, 7) is 1.87. The Morgan fingerprint density at radius 3 is 2.88 bits per heavy atom. The zero-order valence-electron chi connectivity index (χ0n) is 9.05. The summed E-state index contributed by atoms with van der Waals surface area (Å²) in [5, 5.41) is 3.46. The number of carbonyl (C=O) groups is 1. The third-order valence-electron chi connectivity index (χ3n) is 2.31. The summed E-state index contributed by atoms with van der Waals surface area (Å²) in [7, 11) is 0. The minimum absolute atomic E-state index is 0.169. The van der Waals surface area contributed by atoms with Gasteiger partial charge in [-0.25, -0.2) is 0 Å². The average molecular weight is 268 g/mol. The van der Waals surface area contributed by atoms with Gasteiger partial charge >= 0.3 is 0 Å². The third kappa shape index (κ3) is 2.81. The van der Waals surface area contributed by atoms with E-state index < -0.39 is 0 Å². The molecule has 0 aliphatic heterocycles. The summed E-state index contributed by atoms with van der Waals surface area (Å²) >= 11 is 7.06. The zero-order valence-corrected chi connectivity index (χ0v) is 10.6. The molecule has 2 rings (SSSR count). The van der Waals surface area contributed by atoms with Gasteiger partial charge in [-0.05, 0) is 18.6 Å². The Labute approximate surface area is 108 Å². The van der Waals surface area contributed by atoms with E-state index in [0.29, 0.717) is 10.7 Å². The van der Waals surface area contributed by atoms with Gasteiger partial charge in [-0.2, -0.15) is 8.75 Å². The Kier molecular flexibility index (Phi) is 3.71. The fraction of sp³-hybridized carbons (Fsp3) is 0.182. The van der Waals surface area contributed by atoms with Crippen LogP contribution in [0.3, 0.4) is 0 Å². The van der Waals surface area contributed by atoms with Crippen LogP contribution in [0.5, 0.6) is 0 Å². The van der Waals surface area contributed by atoms with Gasteiger partial charge in [-0.15, -0.1) is 0 Å². The van der Waals surface area contributed by atoms with Crippen molar-refractivity contribution < 1.29 is 4.79 Å². The molecule has 0 saturated heterocycles. The predicted octanol–water partition coefficient (Wildman–Crippen LogP) is 2.68. The second-order valence-corrected chi connectivity index (χ2v) is 4.47. The van der Waals surface area contributed by atoms with E-state index in [9.17, 15) is 4.79 Å². The fourth-order valence-corrected chi connectivity index (χ4v) is 2.15. The molecule has 0 radical (unpaired) electrons. The van der Waals surface area contributed by atoms with Crippen LogP contribution in [0, 0.1) is 0 Å². The Bertz CT molecular complexity index is 515. The standard InChI is InChI=1S/C11H10ClN3OS/c1-7(8-4-2-3-5-9(8)12)14-11(16)10-6-13-17-15-10/h2-7H,1H3,(H,14,16)/t7-/m0/s1. The summed E-state index contributed by atoms with van der Waals surface area (Å²) in [6.07, 6.45) is 1.44. The van der Waals surface area contributed by atoms with Crippen molar-refractivity contribution in [3.05, 3.63) is 46.7 Å². The molecule has 0 bridgehead atoms. The molecule has 17 heavy (non-hydrogen) atoms. The van der Waals surface area contributed by atoms with E-state index in [-0.39, 0.29) is 11.9 Å². The van der Waals surface area contributed by atoms with E-state index >= 15 is 0 Å². The Hall–Kier alpha value is -1.46. The zero-order chi connectivity index (χ0) is 12.3. The lowest BCUT2D eigenvalue weighted by Gasteiger charge is -2.14. The van der Waals surface area contributed by atoms with Crippen LogP contribution in [0.2, 0.25) is 5.02 Å². The summed E-state index contributed by atoms with van der Waals surface area (Å²) in [6, 6.07) is 7.24. The maximum atomic E-state index is 11.8. The molecule has 0 spiro atoms. The number of nitrogens with one attached hydrogen (secondary N) is 1. The number of carbonyl (C=O) groups excluding carboxylic acids is 1. The Balaban J connectivity index is 2.10. The third-order valence-corrected chi connectivity index (χ3v) is 3.14. The lowest BCUT2D eigenvalue weighted by molar-refractivity contribution is 0.0936. The van der Waals surface area contributed by atoms with E-state index in [0.717, 1.165) is 17.3 Å². The van der Waals surface area contributed by atoms with Crippen molar-refractivity contribution in [2.45, 2.75) is 13.0 Å². The quantitative estimate of drug-likeness (QED) is 0.930. The SMILES string of the molecule is C[C@H](NC(=O)c1cnsn1)c1ccccc1Cl. The molecule has 1 N–H and O–H groups in total. The molecule has 6 heteroatoms. The van der Waals surface area contributed by atoms with E-state index in [1.54, 1.807) is 6.07 Å². The van der Waals surface area contributed by atoms with Crippen LogP contribution in [0.1, 0.15) is 29.0 Å². The maximum Gasteiger partial charge on any atom is 0.273 e. The second-order valence-electron chi connectivity index (χ2n) is 3.51. The molecule has 0 saturated carbocycles. The van der Waals surface area contributed by atoms with Crippen molar-refractivity contribution >= 4 is 29.2 Å². The summed E-state index contributed by atoms with van der Waals surface area (Å²) in [5.74, 6) is -0.244. The number of hydrogen-bond donors (Lipinski definition) is 1. The number of halogens is 1. The van der Waals surface area contributed by atoms with Gasteiger partial charge < -0.3 is 5.32 Å². The highest BCUT2D eigenvalue weighted by Gasteiger charge is 2.14. The molecule has 1 aromatic heterocycles. The fourth-order valence-electron chi connectivity index (χ4n) is 1.44. The summed E-state index contributed by atoms with van der Waals surface area (Å²) in [5.41, 5.74) is 1.21. The average Bonchev–Trinajstić information content (AvgIpc) is 2.82. The van der Waals surface area contributed by atoms with Crippen LogP contribution >= 0.6 is 23.3 Å². The largest absolute Gasteiger partial charge is 0.344 e. The van der Waals surface area contributed by atoms with Gasteiger partial charge in [0, 0.05) is 5.02 Å². The van der Waals surface area contributed by atoms with Gasteiger partial charge in [-0.1, -0.05) is 29.8 Å². The second kappa shape index (κ2) is 5.25. The normalized spacial score (nSPS) is 12.1. The van der Waals surface area contributed by atoms with Crippen LogP contribution < -0.4 is 5.32 Å². The van der Waals surface area contributed by atoms with Gasteiger partial charge in [0.05, 0.1) is 24.0 Å². The lowest BCUT2D eigenvalue weighted by Crippen LogP contribution is -2.27. The van der Waals surface area contributed by atoms with Crippen molar-refractivity contribution in [1.82, 2.24) is 14.1 Å². The molecule has 0 aliphatic rings. The molecule has 1 heterocycles. The Morgan fingerprint density at radius 2 is 2.24 bits per heavy atom. The predicted molar refractivity (Wildman–Crippen MR) is 67.2 cm³/mol. The van der Waals surface area contributed by atoms with Gasteiger partial charge in [-0.3, -0.25) is 4.79 Å². The van der Waals surface area contributed by atoms with Crippen molar-refractivity contribution in [3.63, 3.8) is 0 Å². The number of rotatable bonds is 3. The first-order valence-electron chi connectivity index (χ1n) is 5.01. The van der Waals surface area contributed by atoms with E-state index in [1.165, 1.54) is 6.20 Å². The highest BCUT2D eigenvalue weighted by molar-refractivity contribution is 6.99. The highest BCUT2D eigenvalue weighted by Crippen LogP contribution is 2.22. The topological polar surface area (TPSA) is 54.9 Å². The van der Waals surface area contributed by atoms with Crippen LogP contribution in [-0.4, -0.2) is 14.7 Å². The first kappa shape index (κ1) is 12.0. The van der Waals surface area contributed by atoms with Gasteiger partial charge in [0.15, 0.2) is 5.69 Å². The molecular formula is C11H10ClN3OS. The summed E-state index contributed by atoms with van der Waals surface area (Å²) < 4.78 is 7.66. The lowest BCUT2D eigenvalue weighted by atomic mass is 10.1. The van der Waals surface area contributed by atoms with Gasteiger partial charge in [0.1, 0.15) is 0 Å². The van der Waals surface area contributed by atoms with E-state index in [4.69, 9.17) is 11.6 Å². The minimum Gasteiger partial charge on any atom is -0.344 e. The number of aromatic nitrogens is 2. The first-order chi connectivity index (χ1) is 8.18. The molecule has 1 amide bonds. The number of nitrogens with zero attached hydrogens (tertiary/aromatic N) is 2. The molecule has 0 aliphatic carbocycles. The molecule has 0 fully saturated rings. The molecule has 1 atom stereocenters. The molecule has 1 aromatic carbocycles. The number of hydrogen-bond acceptors (Lipinski definition) is 4. The maximum absolute atomic E-state index is 11.8.